The molecule has 8 heteroatoms. The average molecular weight is 807 g/mol. The van der Waals surface area contributed by atoms with Gasteiger partial charge < -0.3 is 23.8 Å². The number of hydrogen-bond donors (Lipinski definition) is 1. The van der Waals surface area contributed by atoms with Gasteiger partial charge in [-0.1, -0.05) is 160 Å². The second-order valence-corrected chi connectivity index (χ2v) is 17.4. The van der Waals surface area contributed by atoms with Gasteiger partial charge in [0.1, 0.15) is 6.61 Å². The highest BCUT2D eigenvalue weighted by Crippen LogP contribution is 2.15. The first-order valence-corrected chi connectivity index (χ1v) is 23.9. The van der Waals surface area contributed by atoms with Gasteiger partial charge >= 0.3 is 17.9 Å². The maximum absolute atomic E-state index is 12.8. The number of aliphatic carboxylic acids is 1. The molecule has 57 heavy (non-hydrogen) atoms. The number of rotatable bonds is 43. The number of unbranched alkanes of at least 4 members (excludes halogenated alkanes) is 25. The Morgan fingerprint density at radius 2 is 0.877 bits per heavy atom. The number of esters is 2. The molecule has 0 aromatic rings. The summed E-state index contributed by atoms with van der Waals surface area (Å²) in [6.07, 6.45) is 45.1. The van der Waals surface area contributed by atoms with Crippen molar-refractivity contribution < 1.29 is 38.2 Å². The molecule has 0 radical (unpaired) electrons. The van der Waals surface area contributed by atoms with E-state index in [1.165, 1.54) is 135 Å². The van der Waals surface area contributed by atoms with Crippen molar-refractivity contribution in [1.82, 2.24) is 0 Å². The average Bonchev–Trinajstić information content (AvgIpc) is 3.17. The molecule has 0 aromatic carbocycles. The lowest BCUT2D eigenvalue weighted by molar-refractivity contribution is -0.887. The number of carbonyl (C=O) groups is 3. The summed E-state index contributed by atoms with van der Waals surface area (Å²) in [7, 11) is 5.53. The third-order valence-corrected chi connectivity index (χ3v) is 10.8. The Bertz CT molecular complexity index is 989. The van der Waals surface area contributed by atoms with Gasteiger partial charge in [-0.3, -0.25) is 9.59 Å². The van der Waals surface area contributed by atoms with Crippen molar-refractivity contribution >= 4 is 17.9 Å². The summed E-state index contributed by atoms with van der Waals surface area (Å²) in [6, 6.07) is -0.614. The van der Waals surface area contributed by atoms with Crippen molar-refractivity contribution in [2.75, 3.05) is 41.0 Å². The minimum absolute atomic E-state index is 0.0531. The fourth-order valence-corrected chi connectivity index (χ4v) is 7.08. The van der Waals surface area contributed by atoms with E-state index in [2.05, 4.69) is 38.2 Å². The van der Waals surface area contributed by atoms with E-state index in [1.54, 1.807) is 0 Å². The van der Waals surface area contributed by atoms with Crippen molar-refractivity contribution in [3.05, 3.63) is 24.3 Å². The van der Waals surface area contributed by atoms with E-state index in [4.69, 9.17) is 14.2 Å². The zero-order chi connectivity index (χ0) is 42.1. The number of nitrogens with zero attached hydrogens (tertiary/aromatic N) is 1. The van der Waals surface area contributed by atoms with Gasteiger partial charge in [-0.2, -0.15) is 0 Å². The first-order chi connectivity index (χ1) is 27.6. The number of likely N-dealkylation sites (N-methyl/N-ethyl adjacent to an activating group) is 1. The van der Waals surface area contributed by atoms with Crippen LogP contribution in [0.1, 0.15) is 219 Å². The summed E-state index contributed by atoms with van der Waals surface area (Å²) in [5, 5.41) is 9.63. The van der Waals surface area contributed by atoms with Crippen LogP contribution < -0.4 is 0 Å². The van der Waals surface area contributed by atoms with Gasteiger partial charge in [-0.15, -0.1) is 0 Å². The summed E-state index contributed by atoms with van der Waals surface area (Å²) < 4.78 is 17.3. The van der Waals surface area contributed by atoms with Crippen molar-refractivity contribution in [3.8, 4) is 0 Å². The van der Waals surface area contributed by atoms with E-state index in [9.17, 15) is 19.5 Å². The Labute approximate surface area is 351 Å². The van der Waals surface area contributed by atoms with Gasteiger partial charge in [0.25, 0.3) is 0 Å². The van der Waals surface area contributed by atoms with Crippen LogP contribution in [-0.2, 0) is 28.6 Å². The lowest BCUT2D eigenvalue weighted by Gasteiger charge is -2.31. The van der Waals surface area contributed by atoms with Crippen LogP contribution in [0, 0.1) is 0 Å². The highest BCUT2D eigenvalue weighted by molar-refractivity contribution is 5.72. The van der Waals surface area contributed by atoms with E-state index < -0.39 is 18.1 Å². The van der Waals surface area contributed by atoms with E-state index >= 15 is 0 Å². The summed E-state index contributed by atoms with van der Waals surface area (Å²) in [5.74, 6) is -1.47. The molecular weight excluding hydrogens is 715 g/mol. The van der Waals surface area contributed by atoms with Gasteiger partial charge in [0.05, 0.1) is 34.4 Å². The lowest BCUT2D eigenvalue weighted by Crippen LogP contribution is -2.50. The lowest BCUT2D eigenvalue weighted by atomic mass is 10.1. The van der Waals surface area contributed by atoms with Crippen molar-refractivity contribution in [2.45, 2.75) is 231 Å². The molecule has 0 aromatic heterocycles. The maximum atomic E-state index is 12.8. The summed E-state index contributed by atoms with van der Waals surface area (Å²) >= 11 is 0. The molecule has 0 bridgehead atoms. The van der Waals surface area contributed by atoms with Crippen LogP contribution in [0.3, 0.4) is 0 Å². The van der Waals surface area contributed by atoms with Crippen LogP contribution in [0.5, 0.6) is 0 Å². The Balaban J connectivity index is 4.24. The van der Waals surface area contributed by atoms with Gasteiger partial charge in [-0.05, 0) is 64.2 Å². The van der Waals surface area contributed by atoms with Gasteiger partial charge in [0.15, 0.2) is 12.1 Å². The third-order valence-electron chi connectivity index (χ3n) is 10.8. The molecule has 0 fully saturated rings. The zero-order valence-corrected chi connectivity index (χ0v) is 38.1. The second kappa shape index (κ2) is 40.6. The predicted octanol–water partition coefficient (Wildman–Crippen LogP) is 13.3. The standard InChI is InChI=1S/C49H91NO7/c1-6-8-10-12-14-16-18-20-21-22-23-24-25-26-27-28-30-32-34-36-38-40-48(52)57-45(43-55-42-41-46(49(53)54)50(3,4)5)44-56-47(51)39-37-35-33-31-29-19-17-15-13-11-9-7-2/h15,17,22-23,45-46H,6-14,16,18-21,24-44H2,1-5H3/p+1/b17-15-,23-22-. The number of allylic oxidation sites excluding steroid dienone is 4. The number of carboxylic acids is 1. The van der Waals surface area contributed by atoms with Gasteiger partial charge in [0, 0.05) is 19.3 Å². The molecule has 0 aliphatic heterocycles. The van der Waals surface area contributed by atoms with Crippen molar-refractivity contribution in [2.24, 2.45) is 0 Å². The topological polar surface area (TPSA) is 99.1 Å². The quantitative estimate of drug-likeness (QED) is 0.0283. The normalized spacial score (nSPS) is 13.1. The predicted molar refractivity (Wildman–Crippen MR) is 238 cm³/mol. The van der Waals surface area contributed by atoms with E-state index in [0.717, 1.165) is 51.4 Å². The maximum Gasteiger partial charge on any atom is 0.362 e. The molecule has 2 atom stereocenters. The molecule has 0 saturated carbocycles. The summed E-state index contributed by atoms with van der Waals surface area (Å²) in [6.45, 7) is 4.72. The third kappa shape index (κ3) is 39.1. The highest BCUT2D eigenvalue weighted by atomic mass is 16.6. The van der Waals surface area contributed by atoms with Crippen LogP contribution in [-0.4, -0.2) is 80.6 Å². The van der Waals surface area contributed by atoms with Crippen molar-refractivity contribution in [3.63, 3.8) is 0 Å². The minimum atomic E-state index is -0.875. The molecule has 8 nitrogen and oxygen atoms in total. The molecule has 0 amide bonds. The molecule has 0 aliphatic rings. The van der Waals surface area contributed by atoms with E-state index in [1.807, 2.05) is 21.1 Å². The monoisotopic (exact) mass is 807 g/mol. The van der Waals surface area contributed by atoms with E-state index in [0.29, 0.717) is 19.3 Å². The Kier molecular flexibility index (Phi) is 39.0. The molecule has 0 heterocycles. The first kappa shape index (κ1) is 54.8. The SMILES string of the molecule is CCCCC/C=C\CCCCCCCC(=O)OCC(COCCC(C(=O)O)[N+](C)(C)C)OC(=O)CCCCCCCCCCC/C=C\CCCCCCCCCC. The van der Waals surface area contributed by atoms with Crippen LogP contribution in [0.15, 0.2) is 24.3 Å². The number of ether oxygens (including phenoxy) is 3. The van der Waals surface area contributed by atoms with Crippen LogP contribution in [0.4, 0.5) is 0 Å². The number of quaternary nitrogens is 1. The van der Waals surface area contributed by atoms with Crippen LogP contribution in [0.2, 0.25) is 0 Å². The Hall–Kier alpha value is -2.19. The van der Waals surface area contributed by atoms with Crippen molar-refractivity contribution in [1.29, 1.82) is 0 Å². The highest BCUT2D eigenvalue weighted by Gasteiger charge is 2.31. The summed E-state index contributed by atoms with van der Waals surface area (Å²) in [5.41, 5.74) is 0. The smallest absolute Gasteiger partial charge is 0.362 e. The fraction of sp³-hybridized carbons (Fsp3) is 0.857. The molecule has 0 aliphatic carbocycles. The van der Waals surface area contributed by atoms with Gasteiger partial charge in [-0.25, -0.2) is 4.79 Å². The molecule has 2 unspecified atom stereocenters. The van der Waals surface area contributed by atoms with Crippen LogP contribution in [0.25, 0.3) is 0 Å². The Morgan fingerprint density at radius 1 is 0.509 bits per heavy atom. The molecule has 1 N–H and O–H groups in total. The fourth-order valence-electron chi connectivity index (χ4n) is 7.08. The summed E-state index contributed by atoms with van der Waals surface area (Å²) in [4.78, 5) is 37.0. The minimum Gasteiger partial charge on any atom is -0.477 e. The number of carbonyl (C=O) groups excluding carboxylic acids is 2. The Morgan fingerprint density at radius 3 is 1.30 bits per heavy atom. The molecular formula is C49H92NO7+. The molecule has 0 spiro atoms. The van der Waals surface area contributed by atoms with Gasteiger partial charge in [0.2, 0.25) is 0 Å². The number of carboxylic acid groups (broad SMARTS) is 1. The van der Waals surface area contributed by atoms with E-state index in [-0.39, 0.29) is 36.2 Å². The molecule has 0 saturated heterocycles. The molecule has 0 rings (SSSR count). The first-order valence-electron chi connectivity index (χ1n) is 23.9. The number of hydrogen-bond acceptors (Lipinski definition) is 6. The molecule has 334 valence electrons. The second-order valence-electron chi connectivity index (χ2n) is 17.4. The largest absolute Gasteiger partial charge is 0.477 e. The zero-order valence-electron chi connectivity index (χ0n) is 38.1. The van der Waals surface area contributed by atoms with Crippen LogP contribution >= 0.6 is 0 Å².